The van der Waals surface area contributed by atoms with Crippen LogP contribution in [0.15, 0.2) is 60.7 Å². The topological polar surface area (TPSA) is 41.1 Å². The molecule has 2 N–H and O–H groups in total. The van der Waals surface area contributed by atoms with E-state index in [9.17, 15) is 4.79 Å². The van der Waals surface area contributed by atoms with Crippen LogP contribution < -0.4 is 10.6 Å². The lowest BCUT2D eigenvalue weighted by Crippen LogP contribution is -2.39. The summed E-state index contributed by atoms with van der Waals surface area (Å²) in [7, 11) is 0. The number of hydrogen-bond donors (Lipinski definition) is 2. The van der Waals surface area contributed by atoms with Crippen molar-refractivity contribution in [3.8, 4) is 0 Å². The lowest BCUT2D eigenvalue weighted by Gasteiger charge is -2.29. The fourth-order valence-corrected chi connectivity index (χ4v) is 4.18. The maximum Gasteiger partial charge on any atom is 0.251 e. The fraction of sp³-hybridized carbons (Fsp3) is 0.435. The first-order valence-electron chi connectivity index (χ1n) is 9.94. The molecule has 0 saturated heterocycles. The van der Waals surface area contributed by atoms with E-state index in [0.29, 0.717) is 18.0 Å². The predicted octanol–water partition coefficient (Wildman–Crippen LogP) is 4.12. The molecule has 0 aromatic heterocycles. The van der Waals surface area contributed by atoms with Crippen molar-refractivity contribution < 1.29 is 4.79 Å². The van der Waals surface area contributed by atoms with Gasteiger partial charge in [0.2, 0.25) is 0 Å². The summed E-state index contributed by atoms with van der Waals surface area (Å²) in [5.41, 5.74) is 2.23. The van der Waals surface area contributed by atoms with Gasteiger partial charge in [0.05, 0.1) is 0 Å². The van der Waals surface area contributed by atoms with Crippen molar-refractivity contribution in [2.24, 2.45) is 5.92 Å². The predicted molar refractivity (Wildman–Crippen MR) is 105 cm³/mol. The number of benzene rings is 2. The van der Waals surface area contributed by atoms with Crippen molar-refractivity contribution in [1.29, 1.82) is 0 Å². The van der Waals surface area contributed by atoms with E-state index in [0.717, 1.165) is 30.9 Å². The van der Waals surface area contributed by atoms with Crippen molar-refractivity contribution in [3.05, 3.63) is 71.8 Å². The number of amides is 1. The molecular formula is C23H28N2O. The average molecular weight is 348 g/mol. The van der Waals surface area contributed by atoms with Gasteiger partial charge in [-0.2, -0.15) is 0 Å². The zero-order chi connectivity index (χ0) is 17.8. The summed E-state index contributed by atoms with van der Waals surface area (Å²) in [4.78, 5) is 12.3. The molecule has 4 rings (SSSR count). The molecule has 0 aliphatic heterocycles. The molecular weight excluding hydrogens is 320 g/mol. The first-order chi connectivity index (χ1) is 12.8. The van der Waals surface area contributed by atoms with E-state index < -0.39 is 0 Å². The van der Waals surface area contributed by atoms with Crippen LogP contribution in [0.4, 0.5) is 0 Å². The molecule has 1 amide bonds. The van der Waals surface area contributed by atoms with Crippen LogP contribution in [0.1, 0.15) is 53.9 Å². The minimum Gasteiger partial charge on any atom is -0.349 e. The Morgan fingerprint density at radius 3 is 2.23 bits per heavy atom. The molecule has 0 bridgehead atoms. The highest BCUT2D eigenvalue weighted by atomic mass is 16.1. The summed E-state index contributed by atoms with van der Waals surface area (Å²) < 4.78 is 0. The van der Waals surface area contributed by atoms with E-state index in [4.69, 9.17) is 0 Å². The van der Waals surface area contributed by atoms with E-state index in [1.165, 1.54) is 24.8 Å². The maximum absolute atomic E-state index is 12.3. The summed E-state index contributed by atoms with van der Waals surface area (Å²) in [6.07, 6.45) is 5.87. The lowest BCUT2D eigenvalue weighted by atomic mass is 9.86. The molecule has 3 heteroatoms. The quantitative estimate of drug-likeness (QED) is 0.824. The standard InChI is InChI=1S/C23H28N2O/c26-23(19-9-5-2-6-10-19)25-20-13-11-17(12-14-20)16-24-22-15-21(22)18-7-3-1-4-8-18/h1-10,17,20-22,24H,11-16H2,(H,25,26)/t17?,20?,21-,22+/m0/s1. The van der Waals surface area contributed by atoms with Gasteiger partial charge in [0, 0.05) is 23.6 Å². The molecule has 2 aliphatic rings. The van der Waals surface area contributed by atoms with E-state index in [1.807, 2.05) is 30.3 Å². The summed E-state index contributed by atoms with van der Waals surface area (Å²) in [5, 5.41) is 6.97. The Morgan fingerprint density at radius 1 is 0.885 bits per heavy atom. The summed E-state index contributed by atoms with van der Waals surface area (Å²) in [6, 6.07) is 21.4. The summed E-state index contributed by atoms with van der Waals surface area (Å²) in [6.45, 7) is 1.12. The third kappa shape index (κ3) is 4.34. The van der Waals surface area contributed by atoms with Crippen molar-refractivity contribution in [1.82, 2.24) is 10.6 Å². The van der Waals surface area contributed by atoms with Gasteiger partial charge in [0.1, 0.15) is 0 Å². The monoisotopic (exact) mass is 348 g/mol. The molecule has 2 saturated carbocycles. The van der Waals surface area contributed by atoms with Gasteiger partial charge >= 0.3 is 0 Å². The second kappa shape index (κ2) is 8.05. The minimum atomic E-state index is 0.0656. The van der Waals surface area contributed by atoms with Gasteiger partial charge < -0.3 is 10.6 Å². The van der Waals surface area contributed by atoms with E-state index in [-0.39, 0.29) is 5.91 Å². The number of hydrogen-bond acceptors (Lipinski definition) is 2. The number of rotatable bonds is 6. The zero-order valence-electron chi connectivity index (χ0n) is 15.2. The Kier molecular flexibility index (Phi) is 5.35. The van der Waals surface area contributed by atoms with Gasteiger partial charge in [-0.25, -0.2) is 0 Å². The van der Waals surface area contributed by atoms with Crippen LogP contribution in [0, 0.1) is 5.92 Å². The van der Waals surface area contributed by atoms with Crippen LogP contribution in [0.25, 0.3) is 0 Å². The van der Waals surface area contributed by atoms with Gasteiger partial charge in [0.25, 0.3) is 5.91 Å². The first-order valence-corrected chi connectivity index (χ1v) is 9.94. The molecule has 2 atom stereocenters. The highest BCUT2D eigenvalue weighted by Gasteiger charge is 2.38. The summed E-state index contributed by atoms with van der Waals surface area (Å²) in [5.74, 6) is 1.52. The number of carbonyl (C=O) groups is 1. The lowest BCUT2D eigenvalue weighted by molar-refractivity contribution is 0.0922. The van der Waals surface area contributed by atoms with Crippen LogP contribution >= 0.6 is 0 Å². The third-order valence-corrected chi connectivity index (χ3v) is 5.90. The molecule has 0 spiro atoms. The van der Waals surface area contributed by atoms with Crippen LogP contribution in [0.3, 0.4) is 0 Å². The SMILES string of the molecule is O=C(NC1CCC(CN[C@@H]2C[C@H]2c2ccccc2)CC1)c1ccccc1. The number of carbonyl (C=O) groups excluding carboxylic acids is 1. The van der Waals surface area contributed by atoms with Gasteiger partial charge in [-0.05, 0) is 62.3 Å². The molecule has 136 valence electrons. The zero-order valence-corrected chi connectivity index (χ0v) is 15.2. The van der Waals surface area contributed by atoms with Gasteiger partial charge in [0.15, 0.2) is 0 Å². The molecule has 3 nitrogen and oxygen atoms in total. The van der Waals surface area contributed by atoms with Crippen molar-refractivity contribution in [2.45, 2.75) is 50.1 Å². The first kappa shape index (κ1) is 17.3. The fourth-order valence-electron chi connectivity index (χ4n) is 4.18. The van der Waals surface area contributed by atoms with E-state index in [1.54, 1.807) is 0 Å². The third-order valence-electron chi connectivity index (χ3n) is 5.90. The molecule has 0 heterocycles. The summed E-state index contributed by atoms with van der Waals surface area (Å²) >= 11 is 0. The molecule has 2 aromatic rings. The highest BCUT2D eigenvalue weighted by Crippen LogP contribution is 2.40. The largest absolute Gasteiger partial charge is 0.349 e. The normalized spacial score (nSPS) is 27.7. The highest BCUT2D eigenvalue weighted by molar-refractivity contribution is 5.94. The number of nitrogens with one attached hydrogen (secondary N) is 2. The second-order valence-electron chi connectivity index (χ2n) is 7.82. The smallest absolute Gasteiger partial charge is 0.251 e. The Hall–Kier alpha value is -2.13. The van der Waals surface area contributed by atoms with Crippen LogP contribution in [-0.2, 0) is 0 Å². The van der Waals surface area contributed by atoms with E-state index >= 15 is 0 Å². The van der Waals surface area contributed by atoms with Crippen molar-refractivity contribution in [3.63, 3.8) is 0 Å². The van der Waals surface area contributed by atoms with Gasteiger partial charge in [-0.15, -0.1) is 0 Å². The van der Waals surface area contributed by atoms with E-state index in [2.05, 4.69) is 41.0 Å². The Bertz CT molecular complexity index is 708. The Balaban J connectivity index is 1.16. The Morgan fingerprint density at radius 2 is 1.54 bits per heavy atom. The van der Waals surface area contributed by atoms with Crippen LogP contribution in [0.5, 0.6) is 0 Å². The van der Waals surface area contributed by atoms with Crippen molar-refractivity contribution >= 4 is 5.91 Å². The van der Waals surface area contributed by atoms with Crippen molar-refractivity contribution in [2.75, 3.05) is 6.54 Å². The maximum atomic E-state index is 12.3. The van der Waals surface area contributed by atoms with Crippen LogP contribution in [0.2, 0.25) is 0 Å². The van der Waals surface area contributed by atoms with Crippen LogP contribution in [-0.4, -0.2) is 24.5 Å². The Labute approximate surface area is 156 Å². The molecule has 2 fully saturated rings. The molecule has 2 aromatic carbocycles. The molecule has 2 aliphatic carbocycles. The molecule has 0 radical (unpaired) electrons. The second-order valence-corrected chi connectivity index (χ2v) is 7.82. The van der Waals surface area contributed by atoms with Gasteiger partial charge in [-0.1, -0.05) is 48.5 Å². The molecule has 0 unspecified atom stereocenters. The average Bonchev–Trinajstić information content (AvgIpc) is 3.48. The van der Waals surface area contributed by atoms with Gasteiger partial charge in [-0.3, -0.25) is 4.79 Å². The molecule has 26 heavy (non-hydrogen) atoms. The minimum absolute atomic E-state index is 0.0656.